The van der Waals surface area contributed by atoms with Gasteiger partial charge in [-0.05, 0) is 33.6 Å². The predicted molar refractivity (Wildman–Crippen MR) is 172 cm³/mol. The number of rotatable bonds is 14. The lowest BCUT2D eigenvalue weighted by atomic mass is 10.1. The molecule has 2 aliphatic rings. The number of hydrogen-bond donors (Lipinski definition) is 1. The zero-order valence-electron chi connectivity index (χ0n) is 27.1. The average Bonchev–Trinajstić information content (AvgIpc) is 3.56. The molecule has 1 aromatic heterocycles. The first-order chi connectivity index (χ1) is 22.2. The maximum Gasteiger partial charge on any atom is 0.409 e. The Morgan fingerprint density at radius 2 is 1.63 bits per heavy atom. The quantitative estimate of drug-likeness (QED) is 0.297. The van der Waals surface area contributed by atoms with Crippen molar-refractivity contribution < 1.29 is 37.5 Å². The minimum atomic E-state index is -3.51. The van der Waals surface area contributed by atoms with E-state index in [2.05, 4.69) is 10.3 Å². The van der Waals surface area contributed by atoms with Crippen LogP contribution in [0.4, 0.5) is 10.6 Å². The molecule has 0 bridgehead atoms. The van der Waals surface area contributed by atoms with E-state index >= 15 is 0 Å². The van der Waals surface area contributed by atoms with Crippen molar-refractivity contribution in [1.82, 2.24) is 25.1 Å². The van der Waals surface area contributed by atoms with Crippen LogP contribution in [0.25, 0.3) is 11.4 Å². The second-order valence-electron chi connectivity index (χ2n) is 10.9. The molecule has 2 saturated heterocycles. The van der Waals surface area contributed by atoms with Crippen molar-refractivity contribution in [2.45, 2.75) is 45.8 Å². The number of amides is 3. The Bertz CT molecular complexity index is 1360. The number of methoxy groups -OCH3 is 1. The van der Waals surface area contributed by atoms with Crippen LogP contribution in [0.1, 0.15) is 44.1 Å². The van der Waals surface area contributed by atoms with E-state index in [9.17, 15) is 18.9 Å². The van der Waals surface area contributed by atoms with Gasteiger partial charge in [-0.3, -0.25) is 14.2 Å². The average molecular weight is 661 g/mol. The van der Waals surface area contributed by atoms with E-state index in [1.54, 1.807) is 43.7 Å². The topological polar surface area (TPSA) is 153 Å². The van der Waals surface area contributed by atoms with Crippen LogP contribution in [-0.4, -0.2) is 122 Å². The Morgan fingerprint density at radius 1 is 0.957 bits per heavy atom. The molecule has 0 radical (unpaired) electrons. The van der Waals surface area contributed by atoms with Crippen molar-refractivity contribution in [2.75, 3.05) is 77.3 Å². The largest absolute Gasteiger partial charge is 0.450 e. The molecule has 1 aromatic carbocycles. The molecule has 46 heavy (non-hydrogen) atoms. The van der Waals surface area contributed by atoms with Gasteiger partial charge in [0.1, 0.15) is 17.6 Å². The second kappa shape index (κ2) is 16.8. The molecular weight excluding hydrogens is 615 g/mol. The second-order valence-corrected chi connectivity index (χ2v) is 13.1. The van der Waals surface area contributed by atoms with Gasteiger partial charge in [-0.1, -0.05) is 30.3 Å². The standard InChI is InChI=1S/C31H45N6O8P/c1-5-43-31(40)36-18-16-35(17-19-36)30(39)25(14-20-46(41,44-6-2)45-7-3)33-29(38)26-21-27(37-15-13-24(22-37)42-4)34-28(32-26)23-11-9-8-10-12-23/h8-12,21,24-25H,5-7,13-20,22H2,1-4H3,(H,33,38)/t24-,25+/m0/s1. The zero-order chi connectivity index (χ0) is 33.1. The molecule has 252 valence electrons. The molecule has 0 spiro atoms. The van der Waals surface area contributed by atoms with Gasteiger partial charge in [-0.25, -0.2) is 14.8 Å². The molecule has 2 fully saturated rings. The first kappa shape index (κ1) is 35.3. The highest BCUT2D eigenvalue weighted by molar-refractivity contribution is 7.53. The number of carbonyl (C=O) groups is 3. The Labute approximate surface area is 270 Å². The molecule has 2 atom stereocenters. The highest BCUT2D eigenvalue weighted by atomic mass is 31.2. The molecule has 1 N–H and O–H groups in total. The van der Waals surface area contributed by atoms with Crippen LogP contribution in [0.5, 0.6) is 0 Å². The van der Waals surface area contributed by atoms with Crippen LogP contribution in [0, 0.1) is 0 Å². The molecule has 15 heteroatoms. The van der Waals surface area contributed by atoms with E-state index in [0.29, 0.717) is 24.7 Å². The first-order valence-electron chi connectivity index (χ1n) is 15.8. The van der Waals surface area contributed by atoms with Gasteiger partial charge in [-0.2, -0.15) is 0 Å². The Hall–Kier alpha value is -3.58. The van der Waals surface area contributed by atoms with E-state index in [1.807, 2.05) is 35.2 Å². The Balaban J connectivity index is 1.59. The summed E-state index contributed by atoms with van der Waals surface area (Å²) in [5, 5.41) is 2.86. The van der Waals surface area contributed by atoms with Gasteiger partial charge in [-0.15, -0.1) is 0 Å². The van der Waals surface area contributed by atoms with Crippen LogP contribution >= 0.6 is 7.60 Å². The number of benzene rings is 1. The first-order valence-corrected chi connectivity index (χ1v) is 17.5. The summed E-state index contributed by atoms with van der Waals surface area (Å²) in [6.07, 6.45) is 0.362. The number of nitrogens with zero attached hydrogens (tertiary/aromatic N) is 5. The van der Waals surface area contributed by atoms with E-state index in [0.717, 1.165) is 12.0 Å². The third-order valence-electron chi connectivity index (χ3n) is 7.84. The zero-order valence-corrected chi connectivity index (χ0v) is 27.9. The smallest absolute Gasteiger partial charge is 0.409 e. The normalized spacial score (nSPS) is 17.6. The van der Waals surface area contributed by atoms with Crippen molar-refractivity contribution in [3.63, 3.8) is 0 Å². The Morgan fingerprint density at radius 3 is 2.24 bits per heavy atom. The van der Waals surface area contributed by atoms with E-state index in [-0.39, 0.29) is 76.3 Å². The fourth-order valence-electron chi connectivity index (χ4n) is 5.44. The van der Waals surface area contributed by atoms with Crippen LogP contribution in [0.2, 0.25) is 0 Å². The van der Waals surface area contributed by atoms with Gasteiger partial charge in [0, 0.05) is 58.0 Å². The van der Waals surface area contributed by atoms with Gasteiger partial charge in [0.2, 0.25) is 5.91 Å². The summed E-state index contributed by atoms with van der Waals surface area (Å²) in [5.41, 5.74) is 0.829. The molecule has 4 rings (SSSR count). The highest BCUT2D eigenvalue weighted by Gasteiger charge is 2.34. The summed E-state index contributed by atoms with van der Waals surface area (Å²) in [6.45, 7) is 8.16. The van der Waals surface area contributed by atoms with Crippen molar-refractivity contribution in [3.05, 3.63) is 42.1 Å². The lowest BCUT2D eigenvalue weighted by Gasteiger charge is -2.36. The molecule has 0 unspecified atom stereocenters. The fourth-order valence-corrected chi connectivity index (χ4v) is 7.13. The molecule has 14 nitrogen and oxygen atoms in total. The number of carbonyl (C=O) groups excluding carboxylic acids is 3. The minimum absolute atomic E-state index is 0.00503. The SMILES string of the molecule is CCOC(=O)N1CCN(C(=O)[C@@H](CCP(=O)(OCC)OCC)NC(=O)c2cc(N3CC[C@H](OC)C3)nc(-c3ccccc3)n2)CC1. The van der Waals surface area contributed by atoms with Crippen LogP contribution in [0.15, 0.2) is 36.4 Å². The molecule has 2 aromatic rings. The molecule has 3 amide bonds. The van der Waals surface area contributed by atoms with Crippen molar-refractivity contribution >= 4 is 31.3 Å². The van der Waals surface area contributed by atoms with Gasteiger partial charge < -0.3 is 38.5 Å². The number of anilines is 1. The molecule has 0 saturated carbocycles. The van der Waals surface area contributed by atoms with Crippen LogP contribution in [-0.2, 0) is 27.9 Å². The van der Waals surface area contributed by atoms with E-state index in [4.69, 9.17) is 23.5 Å². The lowest BCUT2D eigenvalue weighted by Crippen LogP contribution is -2.56. The number of ether oxygens (including phenoxy) is 2. The van der Waals surface area contributed by atoms with Crippen molar-refractivity contribution in [1.29, 1.82) is 0 Å². The summed E-state index contributed by atoms with van der Waals surface area (Å²) in [6, 6.07) is 9.91. The summed E-state index contributed by atoms with van der Waals surface area (Å²) in [7, 11) is -1.84. The van der Waals surface area contributed by atoms with Crippen LogP contribution < -0.4 is 10.2 Å². The molecule has 3 heterocycles. The summed E-state index contributed by atoms with van der Waals surface area (Å²) >= 11 is 0. The van der Waals surface area contributed by atoms with Crippen LogP contribution in [0.3, 0.4) is 0 Å². The van der Waals surface area contributed by atoms with Gasteiger partial charge in [0.25, 0.3) is 5.91 Å². The third-order valence-corrected chi connectivity index (χ3v) is 9.95. The maximum absolute atomic E-state index is 13.9. The van der Waals surface area contributed by atoms with E-state index < -0.39 is 25.6 Å². The summed E-state index contributed by atoms with van der Waals surface area (Å²) in [4.78, 5) is 54.5. The van der Waals surface area contributed by atoms with Crippen molar-refractivity contribution in [2.24, 2.45) is 0 Å². The predicted octanol–water partition coefficient (Wildman–Crippen LogP) is 3.42. The molecule has 2 aliphatic heterocycles. The minimum Gasteiger partial charge on any atom is -0.450 e. The van der Waals surface area contributed by atoms with Gasteiger partial charge >= 0.3 is 13.7 Å². The van der Waals surface area contributed by atoms with Gasteiger partial charge in [0.15, 0.2) is 5.82 Å². The monoisotopic (exact) mass is 660 g/mol. The lowest BCUT2D eigenvalue weighted by molar-refractivity contribution is -0.134. The molecule has 0 aliphatic carbocycles. The fraction of sp³-hybridized carbons (Fsp3) is 0.581. The van der Waals surface area contributed by atoms with Crippen molar-refractivity contribution in [3.8, 4) is 11.4 Å². The third kappa shape index (κ3) is 9.25. The highest BCUT2D eigenvalue weighted by Crippen LogP contribution is 2.48. The molecular formula is C31H45N6O8P. The number of nitrogens with one attached hydrogen (secondary N) is 1. The maximum atomic E-state index is 13.9. The van der Waals surface area contributed by atoms with E-state index in [1.165, 1.54) is 0 Å². The van der Waals surface area contributed by atoms with Gasteiger partial charge in [0.05, 0.1) is 32.1 Å². The summed E-state index contributed by atoms with van der Waals surface area (Å²) in [5.74, 6) is 0.0129. The number of piperazine rings is 1. The number of hydrogen-bond acceptors (Lipinski definition) is 11. The Kier molecular flexibility index (Phi) is 12.9. The summed E-state index contributed by atoms with van der Waals surface area (Å²) < 4.78 is 34.9. The number of aromatic nitrogens is 2.